The van der Waals surface area contributed by atoms with Crippen LogP contribution in [0.15, 0.2) is 77.4 Å². The SMILES string of the molecule is O=C(COC(=O)c1c2c(nc3ccccc13)/C(=C/c1ccco1)CC2)c1ccccc1. The number of esters is 1. The van der Waals surface area contributed by atoms with Crippen molar-refractivity contribution in [2.45, 2.75) is 12.8 Å². The second-order valence-corrected chi connectivity index (χ2v) is 7.38. The first-order chi connectivity index (χ1) is 15.2. The molecule has 31 heavy (non-hydrogen) atoms. The van der Waals surface area contributed by atoms with Crippen molar-refractivity contribution >= 4 is 34.3 Å². The molecule has 152 valence electrons. The third-order valence-corrected chi connectivity index (χ3v) is 5.44. The molecule has 0 atom stereocenters. The molecule has 0 saturated carbocycles. The van der Waals surface area contributed by atoms with E-state index in [0.29, 0.717) is 17.5 Å². The van der Waals surface area contributed by atoms with Crippen LogP contribution in [0.2, 0.25) is 0 Å². The van der Waals surface area contributed by atoms with Gasteiger partial charge in [-0.2, -0.15) is 0 Å². The second-order valence-electron chi connectivity index (χ2n) is 7.38. The smallest absolute Gasteiger partial charge is 0.339 e. The van der Waals surface area contributed by atoms with Crippen molar-refractivity contribution in [1.82, 2.24) is 4.98 Å². The van der Waals surface area contributed by atoms with Crippen molar-refractivity contribution in [2.75, 3.05) is 6.61 Å². The summed E-state index contributed by atoms with van der Waals surface area (Å²) in [4.78, 5) is 30.4. The molecule has 1 aliphatic rings. The highest BCUT2D eigenvalue weighted by molar-refractivity contribution is 6.08. The third-order valence-electron chi connectivity index (χ3n) is 5.44. The van der Waals surface area contributed by atoms with E-state index in [9.17, 15) is 9.59 Å². The van der Waals surface area contributed by atoms with Crippen LogP contribution in [0, 0.1) is 0 Å². The van der Waals surface area contributed by atoms with E-state index in [0.717, 1.165) is 39.9 Å². The molecule has 0 N–H and O–H groups in total. The molecular formula is C26H19NO4. The molecule has 0 bridgehead atoms. The van der Waals surface area contributed by atoms with E-state index in [1.807, 2.05) is 48.5 Å². The molecule has 0 amide bonds. The normalized spacial score (nSPS) is 14.0. The Morgan fingerprint density at radius 2 is 1.77 bits per heavy atom. The van der Waals surface area contributed by atoms with Gasteiger partial charge in [-0.3, -0.25) is 4.79 Å². The van der Waals surface area contributed by atoms with Gasteiger partial charge in [0.2, 0.25) is 0 Å². The molecule has 2 heterocycles. The van der Waals surface area contributed by atoms with Crippen LogP contribution in [0.4, 0.5) is 0 Å². The van der Waals surface area contributed by atoms with Gasteiger partial charge in [0.25, 0.3) is 0 Å². The molecule has 0 unspecified atom stereocenters. The summed E-state index contributed by atoms with van der Waals surface area (Å²) < 4.78 is 10.9. The number of aromatic nitrogens is 1. The minimum atomic E-state index is -0.502. The maximum atomic E-state index is 13.1. The van der Waals surface area contributed by atoms with Crippen molar-refractivity contribution < 1.29 is 18.7 Å². The van der Waals surface area contributed by atoms with Crippen LogP contribution in [0.1, 0.15) is 44.2 Å². The number of ether oxygens (including phenoxy) is 1. The molecule has 5 rings (SSSR count). The van der Waals surface area contributed by atoms with Crippen LogP contribution in [0.5, 0.6) is 0 Å². The molecule has 0 radical (unpaired) electrons. The van der Waals surface area contributed by atoms with E-state index in [1.165, 1.54) is 0 Å². The highest BCUT2D eigenvalue weighted by atomic mass is 16.5. The Kier molecular flexibility index (Phi) is 4.92. The standard InChI is InChI=1S/C26H19NO4/c28-23(17-7-2-1-3-8-17)16-31-26(29)24-20-10-4-5-11-22(20)27-25-18(12-13-21(24)25)15-19-9-6-14-30-19/h1-11,14-15H,12-13,16H2/b18-15+. The molecule has 0 fully saturated rings. The van der Waals surface area contributed by atoms with Gasteiger partial charge in [0.15, 0.2) is 12.4 Å². The van der Waals surface area contributed by atoms with Crippen molar-refractivity contribution in [1.29, 1.82) is 0 Å². The van der Waals surface area contributed by atoms with Gasteiger partial charge in [0.1, 0.15) is 5.76 Å². The average Bonchev–Trinajstić information content (AvgIpc) is 3.47. The summed E-state index contributed by atoms with van der Waals surface area (Å²) >= 11 is 0. The fourth-order valence-electron chi connectivity index (χ4n) is 3.97. The number of para-hydroxylation sites is 1. The third kappa shape index (κ3) is 3.66. The van der Waals surface area contributed by atoms with Crippen LogP contribution in [-0.2, 0) is 11.2 Å². The number of benzene rings is 2. The lowest BCUT2D eigenvalue weighted by Gasteiger charge is -2.12. The van der Waals surface area contributed by atoms with E-state index in [1.54, 1.807) is 30.5 Å². The Bertz CT molecular complexity index is 1300. The molecular weight excluding hydrogens is 390 g/mol. The topological polar surface area (TPSA) is 69.4 Å². The number of ketones is 1. The first kappa shape index (κ1) is 19.0. The van der Waals surface area contributed by atoms with Gasteiger partial charge in [-0.05, 0) is 48.3 Å². The van der Waals surface area contributed by atoms with E-state index < -0.39 is 5.97 Å². The first-order valence-corrected chi connectivity index (χ1v) is 10.1. The lowest BCUT2D eigenvalue weighted by molar-refractivity contribution is 0.0475. The fraction of sp³-hybridized carbons (Fsp3) is 0.115. The molecule has 5 heteroatoms. The zero-order valence-corrected chi connectivity index (χ0v) is 16.7. The molecule has 2 aromatic carbocycles. The molecule has 1 aliphatic carbocycles. The Morgan fingerprint density at radius 3 is 2.58 bits per heavy atom. The second kappa shape index (κ2) is 8.03. The quantitative estimate of drug-likeness (QED) is 0.328. The van der Waals surface area contributed by atoms with Gasteiger partial charge < -0.3 is 9.15 Å². The Balaban J connectivity index is 1.51. The lowest BCUT2D eigenvalue weighted by atomic mass is 10.0. The zero-order chi connectivity index (χ0) is 21.2. The number of rotatable bonds is 5. The Hall–Kier alpha value is -3.99. The number of fused-ring (bicyclic) bond motifs is 2. The summed E-state index contributed by atoms with van der Waals surface area (Å²) in [5.74, 6) is 0.0103. The van der Waals surface area contributed by atoms with Gasteiger partial charge in [-0.1, -0.05) is 48.5 Å². The maximum absolute atomic E-state index is 13.1. The lowest BCUT2D eigenvalue weighted by Crippen LogP contribution is -2.16. The monoisotopic (exact) mass is 409 g/mol. The predicted molar refractivity (Wildman–Crippen MR) is 118 cm³/mol. The predicted octanol–water partition coefficient (Wildman–Crippen LogP) is 5.35. The van der Waals surface area contributed by atoms with Gasteiger partial charge in [-0.15, -0.1) is 0 Å². The summed E-state index contributed by atoms with van der Waals surface area (Å²) in [5, 5.41) is 0.734. The largest absolute Gasteiger partial charge is 0.465 e. The Labute approximate surface area is 179 Å². The number of pyridine rings is 1. The highest BCUT2D eigenvalue weighted by Crippen LogP contribution is 2.37. The van der Waals surface area contributed by atoms with Crippen LogP contribution in [0.25, 0.3) is 22.6 Å². The molecule has 2 aromatic heterocycles. The molecule has 0 saturated heterocycles. The average molecular weight is 409 g/mol. The first-order valence-electron chi connectivity index (χ1n) is 10.1. The van der Waals surface area contributed by atoms with Crippen LogP contribution in [0.3, 0.4) is 0 Å². The van der Waals surface area contributed by atoms with E-state index >= 15 is 0 Å². The van der Waals surface area contributed by atoms with E-state index in [-0.39, 0.29) is 12.4 Å². The zero-order valence-electron chi connectivity index (χ0n) is 16.7. The van der Waals surface area contributed by atoms with Gasteiger partial charge in [0, 0.05) is 10.9 Å². The van der Waals surface area contributed by atoms with E-state index in [2.05, 4.69) is 0 Å². The number of carbonyl (C=O) groups excluding carboxylic acids is 2. The van der Waals surface area contributed by atoms with Crippen molar-refractivity contribution in [3.05, 3.63) is 101 Å². The summed E-state index contributed by atoms with van der Waals surface area (Å²) in [6, 6.07) is 20.1. The number of furan rings is 1. The number of carbonyl (C=O) groups is 2. The van der Waals surface area contributed by atoms with Gasteiger partial charge >= 0.3 is 5.97 Å². The number of hydrogen-bond acceptors (Lipinski definition) is 5. The van der Waals surface area contributed by atoms with Gasteiger partial charge in [0.05, 0.1) is 23.0 Å². The molecule has 0 aliphatic heterocycles. The summed E-state index contributed by atoms with van der Waals surface area (Å²) in [6.07, 6.45) is 5.02. The minimum absolute atomic E-state index is 0.234. The van der Waals surface area contributed by atoms with Crippen LogP contribution >= 0.6 is 0 Å². The van der Waals surface area contributed by atoms with Crippen molar-refractivity contribution in [3.63, 3.8) is 0 Å². The Morgan fingerprint density at radius 1 is 0.968 bits per heavy atom. The van der Waals surface area contributed by atoms with Crippen molar-refractivity contribution in [2.24, 2.45) is 0 Å². The molecule has 4 aromatic rings. The van der Waals surface area contributed by atoms with E-state index in [4.69, 9.17) is 14.1 Å². The number of Topliss-reactive ketones (excluding diaryl/α,β-unsaturated/α-hetero) is 1. The minimum Gasteiger partial charge on any atom is -0.465 e. The number of hydrogen-bond donors (Lipinski definition) is 0. The van der Waals surface area contributed by atoms with Crippen LogP contribution < -0.4 is 0 Å². The highest BCUT2D eigenvalue weighted by Gasteiger charge is 2.28. The van der Waals surface area contributed by atoms with Crippen LogP contribution in [-0.4, -0.2) is 23.3 Å². The fourth-order valence-corrected chi connectivity index (χ4v) is 3.97. The summed E-state index contributed by atoms with van der Waals surface area (Å²) in [7, 11) is 0. The maximum Gasteiger partial charge on any atom is 0.339 e. The molecule has 5 nitrogen and oxygen atoms in total. The summed E-state index contributed by atoms with van der Waals surface area (Å²) in [6.45, 7) is -0.302. The van der Waals surface area contributed by atoms with Gasteiger partial charge in [-0.25, -0.2) is 9.78 Å². The number of allylic oxidation sites excluding steroid dienone is 1. The number of nitrogens with zero attached hydrogens (tertiary/aromatic N) is 1. The molecule has 0 spiro atoms. The summed E-state index contributed by atoms with van der Waals surface area (Å²) in [5.41, 5.74) is 4.39. The van der Waals surface area contributed by atoms with Crippen molar-refractivity contribution in [3.8, 4) is 0 Å².